The third-order valence-electron chi connectivity index (χ3n) is 4.85. The third-order valence-corrected chi connectivity index (χ3v) is 4.85. The number of fused-ring (bicyclic) bond motifs is 1. The van der Waals surface area contributed by atoms with Crippen molar-refractivity contribution in [3.63, 3.8) is 0 Å². The second-order valence-electron chi connectivity index (χ2n) is 6.66. The zero-order valence-corrected chi connectivity index (χ0v) is 15.0. The van der Waals surface area contributed by atoms with Crippen molar-refractivity contribution in [2.24, 2.45) is 11.7 Å². The molecule has 0 saturated carbocycles. The molecule has 3 amide bonds. The minimum atomic E-state index is -1.18. The van der Waals surface area contributed by atoms with E-state index in [1.54, 1.807) is 18.2 Å². The maximum Gasteiger partial charge on any atom is 0.335 e. The van der Waals surface area contributed by atoms with Gasteiger partial charge in [0.1, 0.15) is 6.54 Å². The Morgan fingerprint density at radius 1 is 1.14 bits per heavy atom. The van der Waals surface area contributed by atoms with Gasteiger partial charge in [-0.25, -0.2) is 9.69 Å². The fourth-order valence-electron chi connectivity index (χ4n) is 3.67. The SMILES string of the molecule is NC(=O)CN1OC2C(=O)N(c3cccc(C(=O)O)c3)C(=O)C2C1c1ccccn1. The molecule has 0 aliphatic carbocycles. The van der Waals surface area contributed by atoms with Crippen molar-refractivity contribution in [1.29, 1.82) is 0 Å². The second kappa shape index (κ2) is 7.08. The number of aromatic carboxylic acids is 1. The summed E-state index contributed by atoms with van der Waals surface area (Å²) >= 11 is 0. The Balaban J connectivity index is 1.73. The fraction of sp³-hybridized carbons (Fsp3) is 0.211. The molecule has 148 valence electrons. The monoisotopic (exact) mass is 396 g/mol. The van der Waals surface area contributed by atoms with Crippen LogP contribution in [0.15, 0.2) is 48.7 Å². The highest BCUT2D eigenvalue weighted by molar-refractivity contribution is 6.23. The number of imide groups is 1. The number of nitrogens with two attached hydrogens (primary N) is 1. The summed E-state index contributed by atoms with van der Waals surface area (Å²) in [6.45, 7) is -0.316. The quantitative estimate of drug-likeness (QED) is 0.678. The molecule has 1 aromatic carbocycles. The molecular weight excluding hydrogens is 380 g/mol. The molecule has 2 aliphatic rings. The van der Waals surface area contributed by atoms with Crippen LogP contribution < -0.4 is 10.6 Å². The summed E-state index contributed by atoms with van der Waals surface area (Å²) in [5.74, 6) is -4.02. The van der Waals surface area contributed by atoms with Crippen molar-refractivity contribution < 1.29 is 29.1 Å². The predicted octanol–water partition coefficient (Wildman–Crippen LogP) is 0.112. The van der Waals surface area contributed by atoms with Crippen LogP contribution in [0, 0.1) is 5.92 Å². The van der Waals surface area contributed by atoms with Crippen molar-refractivity contribution in [3.05, 3.63) is 59.9 Å². The summed E-state index contributed by atoms with van der Waals surface area (Å²) < 4.78 is 0. The van der Waals surface area contributed by atoms with E-state index in [4.69, 9.17) is 10.6 Å². The number of amides is 3. The normalized spacial score (nSPS) is 24.0. The third kappa shape index (κ3) is 3.13. The van der Waals surface area contributed by atoms with Crippen LogP contribution in [0.5, 0.6) is 0 Å². The van der Waals surface area contributed by atoms with E-state index in [-0.39, 0.29) is 17.8 Å². The van der Waals surface area contributed by atoms with Crippen molar-refractivity contribution in [1.82, 2.24) is 10.0 Å². The summed E-state index contributed by atoms with van der Waals surface area (Å²) in [6, 6.07) is 9.81. The lowest BCUT2D eigenvalue weighted by atomic mass is 9.94. The number of hydroxylamine groups is 2. The molecular formula is C19H16N4O6. The number of carbonyl (C=O) groups is 4. The van der Waals surface area contributed by atoms with Crippen molar-refractivity contribution in [2.75, 3.05) is 11.4 Å². The first-order valence-electron chi connectivity index (χ1n) is 8.72. The number of nitrogens with zero attached hydrogens (tertiary/aromatic N) is 3. The highest BCUT2D eigenvalue weighted by Gasteiger charge is 2.60. The lowest BCUT2D eigenvalue weighted by Crippen LogP contribution is -2.40. The van der Waals surface area contributed by atoms with Gasteiger partial charge >= 0.3 is 5.97 Å². The highest BCUT2D eigenvalue weighted by atomic mass is 16.7. The molecule has 1 aromatic heterocycles. The number of benzene rings is 1. The van der Waals surface area contributed by atoms with Gasteiger partial charge in [-0.3, -0.25) is 24.2 Å². The summed E-state index contributed by atoms with van der Waals surface area (Å²) in [5.41, 5.74) is 5.81. The summed E-state index contributed by atoms with van der Waals surface area (Å²) in [4.78, 5) is 59.6. The van der Waals surface area contributed by atoms with Crippen molar-refractivity contribution in [2.45, 2.75) is 12.1 Å². The van der Waals surface area contributed by atoms with Gasteiger partial charge in [0.05, 0.1) is 28.9 Å². The maximum absolute atomic E-state index is 13.2. The number of anilines is 1. The molecule has 0 spiro atoms. The van der Waals surface area contributed by atoms with Gasteiger partial charge < -0.3 is 10.8 Å². The van der Waals surface area contributed by atoms with Gasteiger partial charge in [0.25, 0.3) is 5.91 Å². The zero-order chi connectivity index (χ0) is 20.7. The number of carboxylic acids is 1. The Morgan fingerprint density at radius 2 is 1.93 bits per heavy atom. The number of carboxylic acid groups (broad SMARTS) is 1. The lowest BCUT2D eigenvalue weighted by Gasteiger charge is -2.25. The number of primary amides is 1. The molecule has 2 saturated heterocycles. The molecule has 29 heavy (non-hydrogen) atoms. The number of pyridine rings is 1. The number of hydrogen-bond donors (Lipinski definition) is 2. The molecule has 3 unspecified atom stereocenters. The fourth-order valence-corrected chi connectivity index (χ4v) is 3.67. The van der Waals surface area contributed by atoms with Crippen LogP contribution in [-0.2, 0) is 19.2 Å². The van der Waals surface area contributed by atoms with Gasteiger partial charge in [-0.1, -0.05) is 12.1 Å². The second-order valence-corrected chi connectivity index (χ2v) is 6.66. The van der Waals surface area contributed by atoms with E-state index in [1.807, 2.05) is 0 Å². The van der Waals surface area contributed by atoms with Crippen LogP contribution >= 0.6 is 0 Å². The van der Waals surface area contributed by atoms with Gasteiger partial charge in [-0.2, -0.15) is 5.06 Å². The number of rotatable bonds is 5. The van der Waals surface area contributed by atoms with E-state index in [0.717, 1.165) is 4.90 Å². The van der Waals surface area contributed by atoms with E-state index in [9.17, 15) is 24.3 Å². The molecule has 0 bridgehead atoms. The lowest BCUT2D eigenvalue weighted by molar-refractivity contribution is -0.175. The smallest absolute Gasteiger partial charge is 0.335 e. The topological polar surface area (TPSA) is 143 Å². The molecule has 2 aromatic rings. The van der Waals surface area contributed by atoms with Crippen LogP contribution in [0.3, 0.4) is 0 Å². The van der Waals surface area contributed by atoms with Gasteiger partial charge in [0.2, 0.25) is 11.8 Å². The van der Waals surface area contributed by atoms with Crippen LogP contribution in [0.1, 0.15) is 22.1 Å². The van der Waals surface area contributed by atoms with E-state index < -0.39 is 41.8 Å². The van der Waals surface area contributed by atoms with Crippen LogP contribution in [-0.4, -0.2) is 51.5 Å². The van der Waals surface area contributed by atoms with Crippen LogP contribution in [0.25, 0.3) is 0 Å². The van der Waals surface area contributed by atoms with Crippen molar-refractivity contribution in [3.8, 4) is 0 Å². The predicted molar refractivity (Wildman–Crippen MR) is 97.1 cm³/mol. The average Bonchev–Trinajstić information content (AvgIpc) is 3.17. The van der Waals surface area contributed by atoms with Gasteiger partial charge in [0.15, 0.2) is 6.10 Å². The number of carbonyl (C=O) groups excluding carboxylic acids is 3. The Kier molecular flexibility index (Phi) is 4.57. The number of hydrogen-bond acceptors (Lipinski definition) is 7. The molecule has 10 heteroatoms. The molecule has 2 aliphatic heterocycles. The standard InChI is InChI=1S/C19H16N4O6/c20-13(24)9-22-15(12-6-1-2-7-21-12)14-16(29-22)18(26)23(17(14)25)11-5-3-4-10(8-11)19(27)28/h1-8,14-16H,9H2,(H2,20,24)(H,27,28). The zero-order valence-electron chi connectivity index (χ0n) is 15.0. The van der Waals surface area contributed by atoms with E-state index >= 15 is 0 Å². The Labute approximate surface area is 164 Å². The molecule has 0 radical (unpaired) electrons. The minimum absolute atomic E-state index is 0.0577. The Morgan fingerprint density at radius 3 is 2.59 bits per heavy atom. The molecule has 10 nitrogen and oxygen atoms in total. The summed E-state index contributed by atoms with van der Waals surface area (Å²) in [6.07, 6.45) is 0.364. The Hall–Kier alpha value is -3.63. The first-order valence-corrected chi connectivity index (χ1v) is 8.72. The van der Waals surface area contributed by atoms with Gasteiger partial charge in [0, 0.05) is 6.20 Å². The van der Waals surface area contributed by atoms with E-state index in [2.05, 4.69) is 4.98 Å². The van der Waals surface area contributed by atoms with Crippen molar-refractivity contribution >= 4 is 29.4 Å². The number of aromatic nitrogens is 1. The largest absolute Gasteiger partial charge is 0.478 e. The summed E-state index contributed by atoms with van der Waals surface area (Å²) in [5, 5.41) is 10.4. The molecule has 3 N–H and O–H groups in total. The molecule has 2 fully saturated rings. The van der Waals surface area contributed by atoms with Crippen LogP contribution in [0.4, 0.5) is 5.69 Å². The first kappa shape index (κ1) is 18.7. The maximum atomic E-state index is 13.2. The first-order chi connectivity index (χ1) is 13.9. The highest BCUT2D eigenvalue weighted by Crippen LogP contribution is 2.44. The van der Waals surface area contributed by atoms with E-state index in [0.29, 0.717) is 5.69 Å². The molecule has 3 atom stereocenters. The summed E-state index contributed by atoms with van der Waals surface area (Å²) in [7, 11) is 0. The Bertz CT molecular complexity index is 1010. The van der Waals surface area contributed by atoms with Gasteiger partial charge in [-0.15, -0.1) is 0 Å². The average molecular weight is 396 g/mol. The van der Waals surface area contributed by atoms with Crippen LogP contribution in [0.2, 0.25) is 0 Å². The van der Waals surface area contributed by atoms with Gasteiger partial charge in [-0.05, 0) is 30.3 Å². The molecule has 3 heterocycles. The van der Waals surface area contributed by atoms with E-state index in [1.165, 1.54) is 35.5 Å². The minimum Gasteiger partial charge on any atom is -0.478 e. The molecule has 4 rings (SSSR count).